The molecule has 0 aromatic heterocycles. The van der Waals surface area contributed by atoms with Crippen LogP contribution in [0.4, 0.5) is 22.0 Å². The Bertz CT molecular complexity index is 794. The lowest BCUT2D eigenvalue weighted by atomic mass is 9.99. The van der Waals surface area contributed by atoms with Crippen molar-refractivity contribution in [3.05, 3.63) is 48.0 Å². The number of hydrogen-bond acceptors (Lipinski definition) is 3. The monoisotopic (exact) mass is 423 g/mol. The Morgan fingerprint density at radius 3 is 2.39 bits per heavy atom. The molecule has 0 radical (unpaired) electrons. The Kier molecular flexibility index (Phi) is 7.48. The number of hydrogen-bond donors (Lipinski definition) is 1. The second-order valence-corrected chi connectivity index (χ2v) is 6.32. The highest BCUT2D eigenvalue weighted by Gasteiger charge is 2.33. The van der Waals surface area contributed by atoms with Crippen LogP contribution < -0.4 is 14.8 Å². The molecule has 1 fully saturated rings. The zero-order valence-corrected chi connectivity index (χ0v) is 15.5. The largest absolute Gasteiger partial charge is 0.573 e. The SMILES string of the molecule is Cl.Fc1cccc(-c2ccc(OC(F)(F)F)c(OCC3CCNCC3)c2)c1F. The molecule has 1 N–H and O–H groups in total. The van der Waals surface area contributed by atoms with Crippen molar-refractivity contribution >= 4 is 12.4 Å². The van der Waals surface area contributed by atoms with Crippen LogP contribution in [-0.2, 0) is 0 Å². The lowest BCUT2D eigenvalue weighted by Crippen LogP contribution is -2.30. The van der Waals surface area contributed by atoms with Gasteiger partial charge in [0.2, 0.25) is 0 Å². The van der Waals surface area contributed by atoms with Crippen molar-refractivity contribution in [3.63, 3.8) is 0 Å². The Hall–Kier alpha value is -2.06. The van der Waals surface area contributed by atoms with E-state index in [-0.39, 0.29) is 41.8 Å². The summed E-state index contributed by atoms with van der Waals surface area (Å²) in [6.07, 6.45) is -3.21. The number of alkyl halides is 3. The standard InChI is InChI=1S/C19H18F5NO2.ClH/c20-15-3-1-2-14(18(15)21)13-4-5-16(27-19(22,23)24)17(10-13)26-11-12-6-8-25-9-7-12;/h1-5,10,12,25H,6-9,11H2;1H. The van der Waals surface area contributed by atoms with Crippen LogP contribution in [0.3, 0.4) is 0 Å². The minimum absolute atomic E-state index is 0. The molecule has 2 aromatic rings. The maximum atomic E-state index is 14.0. The van der Waals surface area contributed by atoms with Crippen LogP contribution in [0.1, 0.15) is 12.8 Å². The van der Waals surface area contributed by atoms with Gasteiger partial charge in [-0.25, -0.2) is 8.78 Å². The fourth-order valence-corrected chi connectivity index (χ4v) is 2.98. The molecule has 28 heavy (non-hydrogen) atoms. The minimum atomic E-state index is -4.89. The first kappa shape index (κ1) is 22.2. The van der Waals surface area contributed by atoms with Gasteiger partial charge in [0, 0.05) is 5.56 Å². The third-order valence-electron chi connectivity index (χ3n) is 4.37. The third kappa shape index (κ3) is 5.72. The van der Waals surface area contributed by atoms with Crippen molar-refractivity contribution in [3.8, 4) is 22.6 Å². The number of nitrogens with one attached hydrogen (secondary N) is 1. The zero-order chi connectivity index (χ0) is 19.4. The number of ether oxygens (including phenoxy) is 2. The van der Waals surface area contributed by atoms with Crippen molar-refractivity contribution in [1.82, 2.24) is 5.32 Å². The highest BCUT2D eigenvalue weighted by Crippen LogP contribution is 2.37. The molecule has 0 bridgehead atoms. The predicted molar refractivity (Wildman–Crippen MR) is 96.8 cm³/mol. The van der Waals surface area contributed by atoms with E-state index in [0.717, 1.165) is 38.1 Å². The summed E-state index contributed by atoms with van der Waals surface area (Å²) in [6, 6.07) is 7.15. The van der Waals surface area contributed by atoms with Gasteiger partial charge in [-0.3, -0.25) is 0 Å². The molecule has 0 amide bonds. The van der Waals surface area contributed by atoms with E-state index in [1.54, 1.807) is 0 Å². The van der Waals surface area contributed by atoms with E-state index in [2.05, 4.69) is 10.1 Å². The summed E-state index contributed by atoms with van der Waals surface area (Å²) in [7, 11) is 0. The van der Waals surface area contributed by atoms with E-state index >= 15 is 0 Å². The van der Waals surface area contributed by atoms with E-state index < -0.39 is 23.7 Å². The maximum absolute atomic E-state index is 14.0. The van der Waals surface area contributed by atoms with Gasteiger partial charge in [0.05, 0.1) is 6.61 Å². The fourth-order valence-electron chi connectivity index (χ4n) is 2.98. The predicted octanol–water partition coefficient (Wildman–Crippen LogP) is 5.33. The molecule has 1 saturated heterocycles. The van der Waals surface area contributed by atoms with Gasteiger partial charge in [-0.2, -0.15) is 0 Å². The van der Waals surface area contributed by atoms with Crippen molar-refractivity contribution < 1.29 is 31.4 Å². The van der Waals surface area contributed by atoms with Gasteiger partial charge in [-0.05, 0) is 55.6 Å². The number of piperidine rings is 1. The summed E-state index contributed by atoms with van der Waals surface area (Å²) in [5, 5.41) is 3.19. The van der Waals surface area contributed by atoms with Crippen molar-refractivity contribution in [2.75, 3.05) is 19.7 Å². The van der Waals surface area contributed by atoms with Gasteiger partial charge < -0.3 is 14.8 Å². The van der Waals surface area contributed by atoms with Gasteiger partial charge in [-0.1, -0.05) is 18.2 Å². The molecule has 3 rings (SSSR count). The second-order valence-electron chi connectivity index (χ2n) is 6.32. The van der Waals surface area contributed by atoms with Gasteiger partial charge in [-0.15, -0.1) is 25.6 Å². The molecule has 0 unspecified atom stereocenters. The average molecular weight is 424 g/mol. The normalized spacial score (nSPS) is 15.0. The average Bonchev–Trinajstić information content (AvgIpc) is 2.63. The van der Waals surface area contributed by atoms with Crippen molar-refractivity contribution in [2.24, 2.45) is 5.92 Å². The first-order chi connectivity index (χ1) is 12.8. The smallest absolute Gasteiger partial charge is 0.489 e. The molecule has 1 heterocycles. The van der Waals surface area contributed by atoms with Crippen LogP contribution in [0.15, 0.2) is 36.4 Å². The molecule has 1 aliphatic rings. The topological polar surface area (TPSA) is 30.5 Å². The van der Waals surface area contributed by atoms with Crippen molar-refractivity contribution in [2.45, 2.75) is 19.2 Å². The maximum Gasteiger partial charge on any atom is 0.573 e. The van der Waals surface area contributed by atoms with Crippen LogP contribution in [0.25, 0.3) is 11.1 Å². The molecule has 9 heteroatoms. The first-order valence-electron chi connectivity index (χ1n) is 8.51. The Labute approximate surface area is 165 Å². The summed E-state index contributed by atoms with van der Waals surface area (Å²) >= 11 is 0. The summed E-state index contributed by atoms with van der Waals surface area (Å²) in [4.78, 5) is 0. The molecule has 154 valence electrons. The highest BCUT2D eigenvalue weighted by atomic mass is 35.5. The molecular formula is C19H19ClF5NO2. The van der Waals surface area contributed by atoms with E-state index in [9.17, 15) is 22.0 Å². The van der Waals surface area contributed by atoms with Crippen LogP contribution in [-0.4, -0.2) is 26.1 Å². The van der Waals surface area contributed by atoms with Crippen molar-refractivity contribution in [1.29, 1.82) is 0 Å². The van der Waals surface area contributed by atoms with E-state index in [0.29, 0.717) is 0 Å². The van der Waals surface area contributed by atoms with Crippen LogP contribution in [0.5, 0.6) is 11.5 Å². The molecule has 2 aromatic carbocycles. The minimum Gasteiger partial charge on any atom is -0.489 e. The first-order valence-corrected chi connectivity index (χ1v) is 8.51. The van der Waals surface area contributed by atoms with E-state index in [1.807, 2.05) is 0 Å². The van der Waals surface area contributed by atoms with E-state index in [4.69, 9.17) is 4.74 Å². The molecule has 0 saturated carbocycles. The summed E-state index contributed by atoms with van der Waals surface area (Å²) in [5.41, 5.74) is 0.127. The van der Waals surface area contributed by atoms with Gasteiger partial charge in [0.25, 0.3) is 0 Å². The Morgan fingerprint density at radius 2 is 1.71 bits per heavy atom. The van der Waals surface area contributed by atoms with Crippen LogP contribution >= 0.6 is 12.4 Å². The summed E-state index contributed by atoms with van der Waals surface area (Å²) < 4.78 is 75.1. The summed E-state index contributed by atoms with van der Waals surface area (Å²) in [6.45, 7) is 1.84. The van der Waals surface area contributed by atoms with Gasteiger partial charge >= 0.3 is 6.36 Å². The lowest BCUT2D eigenvalue weighted by molar-refractivity contribution is -0.275. The summed E-state index contributed by atoms with van der Waals surface area (Å²) in [5.74, 6) is -2.60. The van der Waals surface area contributed by atoms with Gasteiger partial charge in [0.15, 0.2) is 23.1 Å². The van der Waals surface area contributed by atoms with Crippen LogP contribution in [0, 0.1) is 17.6 Å². The highest BCUT2D eigenvalue weighted by molar-refractivity contribution is 5.85. The lowest BCUT2D eigenvalue weighted by Gasteiger charge is -2.23. The Morgan fingerprint density at radius 1 is 1.00 bits per heavy atom. The fraction of sp³-hybridized carbons (Fsp3) is 0.368. The van der Waals surface area contributed by atoms with Crippen LogP contribution in [0.2, 0.25) is 0 Å². The molecule has 1 aliphatic heterocycles. The van der Waals surface area contributed by atoms with Gasteiger partial charge in [0.1, 0.15) is 0 Å². The molecular weight excluding hydrogens is 405 g/mol. The zero-order valence-electron chi connectivity index (χ0n) is 14.7. The third-order valence-corrected chi connectivity index (χ3v) is 4.37. The molecule has 0 spiro atoms. The second kappa shape index (κ2) is 9.43. The molecule has 0 atom stereocenters. The molecule has 0 aliphatic carbocycles. The number of rotatable bonds is 5. The van der Waals surface area contributed by atoms with E-state index in [1.165, 1.54) is 24.3 Å². The number of benzene rings is 2. The quantitative estimate of drug-likeness (QED) is 0.659. The Balaban J connectivity index is 0.00000280. The molecule has 3 nitrogen and oxygen atoms in total. The number of halogens is 6.